The number of anilines is 3. The zero-order chi connectivity index (χ0) is 43.5. The van der Waals surface area contributed by atoms with Crippen molar-refractivity contribution in [3.8, 4) is 0 Å². The number of rotatable bonds is 16. The molecule has 1 aliphatic heterocycles. The Labute approximate surface area is 336 Å². The van der Waals surface area contributed by atoms with E-state index in [-0.39, 0.29) is 42.9 Å². The number of carbonyl (C=O) groups is 8. The van der Waals surface area contributed by atoms with Crippen LogP contribution in [-0.2, 0) is 40.1 Å². The number of benzene rings is 2. The number of nitrogens with zero attached hydrogens (tertiary/aromatic N) is 2. The van der Waals surface area contributed by atoms with E-state index in [1.54, 1.807) is 79.7 Å². The Morgan fingerprint density at radius 2 is 1.45 bits per heavy atom. The first kappa shape index (κ1) is 46.1. The largest absolute Gasteiger partial charge is 0.459 e. The molecule has 314 valence electrons. The average Bonchev–Trinajstić information content (AvgIpc) is 3.45. The van der Waals surface area contributed by atoms with Crippen LogP contribution in [0.5, 0.6) is 0 Å². The van der Waals surface area contributed by atoms with Crippen molar-refractivity contribution < 1.29 is 52.9 Å². The molecule has 8 amide bonds. The molecule has 18 heteroatoms. The van der Waals surface area contributed by atoms with Crippen LogP contribution in [0.1, 0.15) is 84.2 Å². The Balaban J connectivity index is 2.00. The van der Waals surface area contributed by atoms with Crippen LogP contribution < -0.4 is 36.8 Å². The lowest BCUT2D eigenvalue weighted by Gasteiger charge is -2.31. The topological polar surface area (TPSA) is 256 Å². The summed E-state index contributed by atoms with van der Waals surface area (Å²) in [5, 5.41) is 19.9. The van der Waals surface area contributed by atoms with Crippen LogP contribution in [-0.4, -0.2) is 89.1 Å². The van der Waals surface area contributed by atoms with E-state index in [1.807, 2.05) is 0 Å². The van der Waals surface area contributed by atoms with Crippen molar-refractivity contribution in [2.45, 2.75) is 98.1 Å². The van der Waals surface area contributed by atoms with Gasteiger partial charge in [-0.05, 0) is 96.2 Å². The van der Waals surface area contributed by atoms with Crippen molar-refractivity contribution in [2.24, 2.45) is 11.7 Å². The highest BCUT2D eigenvalue weighted by Crippen LogP contribution is 2.34. The minimum atomic E-state index is -1.23. The van der Waals surface area contributed by atoms with Crippen molar-refractivity contribution in [3.05, 3.63) is 65.7 Å². The third-order valence-electron chi connectivity index (χ3n) is 8.14. The van der Waals surface area contributed by atoms with Gasteiger partial charge in [0.2, 0.25) is 11.8 Å². The predicted molar refractivity (Wildman–Crippen MR) is 213 cm³/mol. The van der Waals surface area contributed by atoms with Crippen LogP contribution >= 0.6 is 0 Å². The molecule has 0 aromatic heterocycles. The fourth-order valence-electron chi connectivity index (χ4n) is 5.51. The highest BCUT2D eigenvalue weighted by molar-refractivity contribution is 6.29. The first-order chi connectivity index (χ1) is 27.0. The van der Waals surface area contributed by atoms with Gasteiger partial charge in [-0.3, -0.25) is 33.7 Å². The Bertz CT molecular complexity index is 1900. The number of hydrogen-bond acceptors (Lipinski definition) is 11. The maximum atomic E-state index is 14.0. The van der Waals surface area contributed by atoms with Gasteiger partial charge in [0.15, 0.2) is 0 Å². The van der Waals surface area contributed by atoms with E-state index in [9.17, 15) is 43.5 Å². The monoisotopic (exact) mass is 807 g/mol. The second kappa shape index (κ2) is 19.7. The quantitative estimate of drug-likeness (QED) is 0.0817. The van der Waals surface area contributed by atoms with Crippen LogP contribution in [0.25, 0.3) is 0 Å². The van der Waals surface area contributed by atoms with Crippen LogP contribution in [0.2, 0.25) is 0 Å². The van der Waals surface area contributed by atoms with Crippen molar-refractivity contribution in [2.75, 3.05) is 28.2 Å². The fourth-order valence-corrected chi connectivity index (χ4v) is 5.51. The van der Waals surface area contributed by atoms with Gasteiger partial charge in [-0.15, -0.1) is 0 Å². The second-order valence-electron chi connectivity index (χ2n) is 15.7. The molecule has 3 rings (SSSR count). The molecule has 0 unspecified atom stereocenters. The van der Waals surface area contributed by atoms with Gasteiger partial charge in [0.05, 0.1) is 18.0 Å². The molecule has 2 aromatic rings. The van der Waals surface area contributed by atoms with Gasteiger partial charge in [0.25, 0.3) is 17.7 Å². The van der Waals surface area contributed by atoms with Gasteiger partial charge >= 0.3 is 18.1 Å². The first-order valence-corrected chi connectivity index (χ1v) is 18.6. The summed E-state index contributed by atoms with van der Waals surface area (Å²) >= 11 is 0. The van der Waals surface area contributed by atoms with Crippen LogP contribution in [0.3, 0.4) is 0 Å². The third kappa shape index (κ3) is 13.7. The fraction of sp³-hybridized carbons (Fsp3) is 0.450. The molecule has 0 bridgehead atoms. The molecular formula is C40H53N7O11. The van der Waals surface area contributed by atoms with E-state index < -0.39 is 83.4 Å². The van der Waals surface area contributed by atoms with E-state index in [2.05, 4.69) is 21.3 Å². The number of nitrogens with two attached hydrogens (primary N) is 1. The van der Waals surface area contributed by atoms with Gasteiger partial charge in [-0.1, -0.05) is 26.0 Å². The molecule has 0 saturated heterocycles. The Morgan fingerprint density at radius 1 is 0.845 bits per heavy atom. The summed E-state index contributed by atoms with van der Waals surface area (Å²) in [6, 6.07) is 6.96. The normalized spacial score (nSPS) is 13.7. The van der Waals surface area contributed by atoms with Crippen molar-refractivity contribution in [1.82, 2.24) is 16.0 Å². The van der Waals surface area contributed by atoms with Gasteiger partial charge < -0.3 is 41.6 Å². The Kier molecular flexibility index (Phi) is 15.7. The number of primary amides is 1. The molecule has 0 fully saturated rings. The van der Waals surface area contributed by atoms with Gasteiger partial charge in [0.1, 0.15) is 29.8 Å². The first-order valence-electron chi connectivity index (χ1n) is 18.6. The van der Waals surface area contributed by atoms with Gasteiger partial charge in [-0.2, -0.15) is 0 Å². The molecule has 0 saturated carbocycles. The van der Waals surface area contributed by atoms with E-state index >= 15 is 0 Å². The standard InChI is InChI=1S/C40H53N7O11/c1-23(2)33(36(54)44-27(10-9-19-42-37(41)55)35(53)43-26-14-11-24(22-48)12-15-26)45-34(52)25-13-16-28(47-30(49)17-18-31(47)50)29(20-25)46(38(56)58-40(6,7)8)21-32(51)57-39(3,4)5/h11-18,20,23,27,33,48H,9-10,19,21-22H2,1-8H3,(H,43,53)(H,44,54)(H,45,52)(H3,41,42,55)/t27-,33-/m1/s1. The van der Waals surface area contributed by atoms with Crippen molar-refractivity contribution in [3.63, 3.8) is 0 Å². The predicted octanol–water partition coefficient (Wildman–Crippen LogP) is 3.02. The maximum absolute atomic E-state index is 14.0. The van der Waals surface area contributed by atoms with Crippen LogP contribution in [0, 0.1) is 5.92 Å². The molecule has 1 heterocycles. The number of amides is 8. The van der Waals surface area contributed by atoms with E-state index in [0.29, 0.717) is 11.3 Å². The number of aliphatic hydroxyl groups is 1. The lowest BCUT2D eigenvalue weighted by molar-refractivity contribution is -0.153. The van der Waals surface area contributed by atoms with Crippen molar-refractivity contribution in [1.29, 1.82) is 0 Å². The molecule has 1 aliphatic rings. The SMILES string of the molecule is CC(C)[C@@H](NC(=O)c1ccc(N2C(=O)C=CC2=O)c(N(CC(=O)OC(C)(C)C)C(=O)OC(C)(C)C)c1)C(=O)N[C@H](CCCNC(N)=O)C(=O)Nc1ccc(CO)cc1. The van der Waals surface area contributed by atoms with E-state index in [1.165, 1.54) is 18.2 Å². The van der Waals surface area contributed by atoms with Crippen LogP contribution in [0.15, 0.2) is 54.6 Å². The van der Waals surface area contributed by atoms with Crippen molar-refractivity contribution >= 4 is 64.7 Å². The summed E-state index contributed by atoms with van der Waals surface area (Å²) in [5.74, 6) is -5.02. The number of hydrogen-bond donors (Lipinski definition) is 6. The Hall–Kier alpha value is -6.30. The zero-order valence-corrected chi connectivity index (χ0v) is 34.0. The molecule has 0 spiro atoms. The summed E-state index contributed by atoms with van der Waals surface area (Å²) in [5.41, 5.74) is 3.65. The number of imide groups is 1. The molecule has 18 nitrogen and oxygen atoms in total. The van der Waals surface area contributed by atoms with Crippen LogP contribution in [0.4, 0.5) is 26.7 Å². The number of urea groups is 1. The molecule has 7 N–H and O–H groups in total. The lowest BCUT2D eigenvalue weighted by atomic mass is 10.0. The minimum Gasteiger partial charge on any atom is -0.459 e. The highest BCUT2D eigenvalue weighted by Gasteiger charge is 2.35. The highest BCUT2D eigenvalue weighted by atomic mass is 16.6. The number of nitrogens with one attached hydrogen (secondary N) is 4. The lowest BCUT2D eigenvalue weighted by Crippen LogP contribution is -2.54. The summed E-state index contributed by atoms with van der Waals surface area (Å²) in [7, 11) is 0. The number of carbonyl (C=O) groups excluding carboxylic acids is 8. The second-order valence-corrected chi connectivity index (χ2v) is 15.7. The summed E-state index contributed by atoms with van der Waals surface area (Å²) in [6.45, 7) is 12.2. The zero-order valence-electron chi connectivity index (χ0n) is 34.0. The molecule has 0 radical (unpaired) electrons. The molecule has 58 heavy (non-hydrogen) atoms. The molecular weight excluding hydrogens is 754 g/mol. The third-order valence-corrected chi connectivity index (χ3v) is 8.14. The maximum Gasteiger partial charge on any atom is 0.415 e. The Morgan fingerprint density at radius 3 is 1.98 bits per heavy atom. The smallest absolute Gasteiger partial charge is 0.415 e. The van der Waals surface area contributed by atoms with E-state index in [4.69, 9.17) is 15.2 Å². The van der Waals surface area contributed by atoms with Gasteiger partial charge in [-0.25, -0.2) is 14.5 Å². The molecule has 0 aliphatic carbocycles. The number of esters is 1. The minimum absolute atomic E-state index is 0.0666. The van der Waals surface area contributed by atoms with Gasteiger partial charge in [0, 0.05) is 29.9 Å². The average molecular weight is 808 g/mol. The summed E-state index contributed by atoms with van der Waals surface area (Å²) in [4.78, 5) is 107. The molecule has 2 aromatic carbocycles. The van der Waals surface area contributed by atoms with E-state index in [0.717, 1.165) is 22.0 Å². The molecule has 2 atom stereocenters. The number of ether oxygens (including phenoxy) is 2. The number of aliphatic hydroxyl groups excluding tert-OH is 1. The summed E-state index contributed by atoms with van der Waals surface area (Å²) < 4.78 is 11.0. The summed E-state index contributed by atoms with van der Waals surface area (Å²) in [6.07, 6.45) is 1.31.